The van der Waals surface area contributed by atoms with Gasteiger partial charge in [-0.15, -0.1) is 0 Å². The first-order chi connectivity index (χ1) is 10.5. The Bertz CT molecular complexity index is 671. The summed E-state index contributed by atoms with van der Waals surface area (Å²) in [5.74, 6) is -0.836. The van der Waals surface area contributed by atoms with Gasteiger partial charge in [0.15, 0.2) is 6.61 Å². The van der Waals surface area contributed by atoms with Gasteiger partial charge in [0.1, 0.15) is 11.6 Å². The van der Waals surface area contributed by atoms with Crippen LogP contribution in [-0.2, 0) is 16.0 Å². The van der Waals surface area contributed by atoms with Crippen LogP contribution in [0.25, 0.3) is 0 Å². The molecule has 2 amide bonds. The van der Waals surface area contributed by atoms with E-state index in [1.54, 1.807) is 42.5 Å². The monoisotopic (exact) mass is 302 g/mol. The fourth-order valence-corrected chi connectivity index (χ4v) is 1.81. The van der Waals surface area contributed by atoms with Crippen molar-refractivity contribution < 1.29 is 18.7 Å². The Kier molecular flexibility index (Phi) is 5.08. The molecule has 0 aromatic heterocycles. The number of nitrogens with two attached hydrogens (primary N) is 1. The molecule has 5 nitrogen and oxygen atoms in total. The van der Waals surface area contributed by atoms with E-state index in [2.05, 4.69) is 5.32 Å². The molecule has 6 heteroatoms. The van der Waals surface area contributed by atoms with Crippen molar-refractivity contribution in [3.8, 4) is 5.75 Å². The van der Waals surface area contributed by atoms with E-state index < -0.39 is 11.7 Å². The van der Waals surface area contributed by atoms with Crippen molar-refractivity contribution in [2.45, 2.75) is 6.42 Å². The third kappa shape index (κ3) is 4.59. The largest absolute Gasteiger partial charge is 0.484 e. The van der Waals surface area contributed by atoms with Crippen LogP contribution in [0.5, 0.6) is 5.75 Å². The second-order valence-electron chi connectivity index (χ2n) is 4.60. The number of rotatable bonds is 6. The maximum Gasteiger partial charge on any atom is 0.255 e. The fraction of sp³-hybridized carbons (Fsp3) is 0.125. The van der Waals surface area contributed by atoms with Crippen LogP contribution in [0.4, 0.5) is 10.1 Å². The average Bonchev–Trinajstić information content (AvgIpc) is 2.49. The zero-order valence-corrected chi connectivity index (χ0v) is 11.7. The summed E-state index contributed by atoms with van der Waals surface area (Å²) in [5, 5.41) is 2.66. The number of ether oxygens (including phenoxy) is 1. The van der Waals surface area contributed by atoms with Crippen molar-refractivity contribution in [2.75, 3.05) is 11.9 Å². The van der Waals surface area contributed by atoms with E-state index >= 15 is 0 Å². The Morgan fingerprint density at radius 1 is 1.09 bits per heavy atom. The predicted molar refractivity (Wildman–Crippen MR) is 79.9 cm³/mol. The second kappa shape index (κ2) is 7.21. The molecule has 0 aliphatic carbocycles. The molecule has 0 aliphatic heterocycles. The van der Waals surface area contributed by atoms with Gasteiger partial charge < -0.3 is 15.8 Å². The Morgan fingerprint density at radius 3 is 2.41 bits per heavy atom. The van der Waals surface area contributed by atoms with Gasteiger partial charge in [0.2, 0.25) is 5.91 Å². The number of nitrogens with one attached hydrogen (secondary N) is 1. The highest BCUT2D eigenvalue weighted by atomic mass is 19.1. The van der Waals surface area contributed by atoms with E-state index in [-0.39, 0.29) is 18.9 Å². The summed E-state index contributed by atoms with van der Waals surface area (Å²) in [7, 11) is 0. The van der Waals surface area contributed by atoms with E-state index in [4.69, 9.17) is 10.5 Å². The van der Waals surface area contributed by atoms with Gasteiger partial charge in [-0.2, -0.15) is 0 Å². The van der Waals surface area contributed by atoms with Crippen molar-refractivity contribution in [2.24, 2.45) is 5.73 Å². The summed E-state index contributed by atoms with van der Waals surface area (Å²) in [6.07, 6.45) is -0.0490. The van der Waals surface area contributed by atoms with Crippen LogP contribution >= 0.6 is 0 Å². The van der Waals surface area contributed by atoms with Gasteiger partial charge in [-0.05, 0) is 35.9 Å². The summed E-state index contributed by atoms with van der Waals surface area (Å²) < 4.78 is 18.6. The third-order valence-corrected chi connectivity index (χ3v) is 2.83. The van der Waals surface area contributed by atoms with Gasteiger partial charge in [-0.1, -0.05) is 18.2 Å². The zero-order valence-electron chi connectivity index (χ0n) is 11.7. The highest BCUT2D eigenvalue weighted by molar-refractivity contribution is 5.92. The first-order valence-corrected chi connectivity index (χ1v) is 6.59. The van der Waals surface area contributed by atoms with Crippen LogP contribution in [0.15, 0.2) is 48.5 Å². The predicted octanol–water partition coefficient (Wildman–Crippen LogP) is 1.87. The molecule has 0 aliphatic rings. The Labute approximate surface area is 126 Å². The topological polar surface area (TPSA) is 81.4 Å². The number of amides is 2. The van der Waals surface area contributed by atoms with Gasteiger partial charge in [0.25, 0.3) is 5.91 Å². The lowest BCUT2D eigenvalue weighted by atomic mass is 10.1. The third-order valence-electron chi connectivity index (χ3n) is 2.83. The Balaban J connectivity index is 1.91. The minimum Gasteiger partial charge on any atom is -0.484 e. The molecule has 0 radical (unpaired) electrons. The maximum atomic E-state index is 13.5. The van der Waals surface area contributed by atoms with Crippen molar-refractivity contribution in [3.05, 3.63) is 59.9 Å². The highest BCUT2D eigenvalue weighted by Gasteiger charge is 2.08. The Hall–Kier alpha value is -2.89. The number of anilines is 1. The van der Waals surface area contributed by atoms with Crippen LogP contribution in [0, 0.1) is 5.82 Å². The van der Waals surface area contributed by atoms with E-state index in [0.717, 1.165) is 0 Å². The highest BCUT2D eigenvalue weighted by Crippen LogP contribution is 2.16. The molecule has 114 valence electrons. The SMILES string of the molecule is NC(=O)COc1ccc(NC(=O)Cc2ccccc2F)cc1. The lowest BCUT2D eigenvalue weighted by molar-refractivity contribution is -0.120. The maximum absolute atomic E-state index is 13.5. The first-order valence-electron chi connectivity index (χ1n) is 6.59. The number of carbonyl (C=O) groups is 2. The van der Waals surface area contributed by atoms with Gasteiger partial charge in [0.05, 0.1) is 6.42 Å². The molecule has 0 unspecified atom stereocenters. The normalized spacial score (nSPS) is 10.0. The minimum absolute atomic E-state index is 0.0490. The van der Waals surface area contributed by atoms with Crippen molar-refractivity contribution in [3.63, 3.8) is 0 Å². The van der Waals surface area contributed by atoms with E-state index in [1.807, 2.05) is 0 Å². The smallest absolute Gasteiger partial charge is 0.255 e. The molecule has 0 fully saturated rings. The lowest BCUT2D eigenvalue weighted by Crippen LogP contribution is -2.20. The van der Waals surface area contributed by atoms with Crippen LogP contribution < -0.4 is 15.8 Å². The number of hydrogen-bond acceptors (Lipinski definition) is 3. The molecule has 3 N–H and O–H groups in total. The molecule has 0 heterocycles. The van der Waals surface area contributed by atoms with Crippen LogP contribution in [0.3, 0.4) is 0 Å². The molecule has 0 saturated carbocycles. The first kappa shape index (κ1) is 15.5. The minimum atomic E-state index is -0.567. The molecular formula is C16H15FN2O3. The summed E-state index contributed by atoms with van der Waals surface area (Å²) in [4.78, 5) is 22.5. The molecule has 2 aromatic rings. The molecule has 0 bridgehead atoms. The fourth-order valence-electron chi connectivity index (χ4n) is 1.81. The van der Waals surface area contributed by atoms with Gasteiger partial charge in [-0.3, -0.25) is 9.59 Å². The Morgan fingerprint density at radius 2 is 1.77 bits per heavy atom. The van der Waals surface area contributed by atoms with Crippen molar-refractivity contribution >= 4 is 17.5 Å². The van der Waals surface area contributed by atoms with Crippen LogP contribution in [0.2, 0.25) is 0 Å². The molecule has 0 atom stereocenters. The zero-order chi connectivity index (χ0) is 15.9. The number of primary amides is 1. The standard InChI is InChI=1S/C16H15FN2O3/c17-14-4-2-1-3-11(14)9-16(21)19-12-5-7-13(8-6-12)22-10-15(18)20/h1-8H,9-10H2,(H2,18,20)(H,19,21). The number of carbonyl (C=O) groups excluding carboxylic acids is 2. The van der Waals surface area contributed by atoms with Gasteiger partial charge >= 0.3 is 0 Å². The van der Waals surface area contributed by atoms with Gasteiger partial charge in [0, 0.05) is 5.69 Å². The summed E-state index contributed by atoms with van der Waals surface area (Å²) in [6, 6.07) is 12.6. The second-order valence-corrected chi connectivity index (χ2v) is 4.60. The van der Waals surface area contributed by atoms with E-state index in [1.165, 1.54) is 6.07 Å². The number of halogens is 1. The van der Waals surface area contributed by atoms with Crippen LogP contribution in [-0.4, -0.2) is 18.4 Å². The molecule has 22 heavy (non-hydrogen) atoms. The van der Waals surface area contributed by atoms with E-state index in [0.29, 0.717) is 17.0 Å². The van der Waals surface area contributed by atoms with Gasteiger partial charge in [-0.25, -0.2) is 4.39 Å². The van der Waals surface area contributed by atoms with Crippen LogP contribution in [0.1, 0.15) is 5.56 Å². The molecule has 0 saturated heterocycles. The van der Waals surface area contributed by atoms with E-state index in [9.17, 15) is 14.0 Å². The number of hydrogen-bond donors (Lipinski definition) is 2. The summed E-state index contributed by atoms with van der Waals surface area (Å²) >= 11 is 0. The molecular weight excluding hydrogens is 287 g/mol. The lowest BCUT2D eigenvalue weighted by Gasteiger charge is -2.08. The molecule has 0 spiro atoms. The quantitative estimate of drug-likeness (QED) is 0.854. The summed E-state index contributed by atoms with van der Waals surface area (Å²) in [5.41, 5.74) is 5.85. The van der Waals surface area contributed by atoms with Crippen molar-refractivity contribution in [1.29, 1.82) is 0 Å². The average molecular weight is 302 g/mol. The molecule has 2 rings (SSSR count). The summed E-state index contributed by atoms with van der Waals surface area (Å²) in [6.45, 7) is -0.209. The number of benzene rings is 2. The van der Waals surface area contributed by atoms with Crippen molar-refractivity contribution in [1.82, 2.24) is 0 Å². The molecule has 2 aromatic carbocycles.